The molecule has 0 saturated carbocycles. The maximum Gasteiger partial charge on any atom is 0.276 e. The molecule has 3 heterocycles. The molecule has 0 aliphatic carbocycles. The maximum absolute atomic E-state index is 12.5. The number of rotatable bonds is 2. The number of carbonyl (C=O) groups is 1. The standard InChI is InChI=1S/C14H15N3O3/c1-9-8-12(20-16-9)10-4-3-7-17(10)14(19)13-11(18)5-2-6-15-13/h2,5-6,8,10,18H,3-4,7H2,1H3. The summed E-state index contributed by atoms with van der Waals surface area (Å²) in [5.74, 6) is 0.306. The van der Waals surface area contributed by atoms with Gasteiger partial charge in [-0.25, -0.2) is 4.98 Å². The molecule has 0 bridgehead atoms. The molecule has 1 aliphatic heterocycles. The second kappa shape index (κ2) is 4.96. The smallest absolute Gasteiger partial charge is 0.276 e. The van der Waals surface area contributed by atoms with Crippen molar-refractivity contribution in [3.63, 3.8) is 0 Å². The number of hydrogen-bond acceptors (Lipinski definition) is 5. The molecular weight excluding hydrogens is 258 g/mol. The van der Waals surface area contributed by atoms with Crippen LogP contribution in [0.3, 0.4) is 0 Å². The second-order valence-electron chi connectivity index (χ2n) is 4.90. The van der Waals surface area contributed by atoms with Crippen LogP contribution in [0.1, 0.15) is 40.8 Å². The van der Waals surface area contributed by atoms with E-state index in [4.69, 9.17) is 4.52 Å². The van der Waals surface area contributed by atoms with Gasteiger partial charge in [0.15, 0.2) is 11.5 Å². The summed E-state index contributed by atoms with van der Waals surface area (Å²) in [6.45, 7) is 2.47. The lowest BCUT2D eigenvalue weighted by Gasteiger charge is -2.22. The van der Waals surface area contributed by atoms with E-state index in [0.29, 0.717) is 12.3 Å². The fourth-order valence-electron chi connectivity index (χ4n) is 2.54. The fourth-order valence-corrected chi connectivity index (χ4v) is 2.54. The number of likely N-dealkylation sites (tertiary alicyclic amines) is 1. The molecule has 0 spiro atoms. The molecule has 0 radical (unpaired) electrons. The molecular formula is C14H15N3O3. The molecule has 2 aromatic rings. The summed E-state index contributed by atoms with van der Waals surface area (Å²) in [6, 6.07) is 4.76. The number of carbonyl (C=O) groups excluding carboxylic acids is 1. The average Bonchev–Trinajstić information content (AvgIpc) is 3.06. The van der Waals surface area contributed by atoms with E-state index >= 15 is 0 Å². The van der Waals surface area contributed by atoms with E-state index in [9.17, 15) is 9.90 Å². The van der Waals surface area contributed by atoms with Crippen molar-refractivity contribution < 1.29 is 14.4 Å². The lowest BCUT2D eigenvalue weighted by molar-refractivity contribution is 0.0705. The van der Waals surface area contributed by atoms with Crippen molar-refractivity contribution in [2.45, 2.75) is 25.8 Å². The van der Waals surface area contributed by atoms with Crippen molar-refractivity contribution in [3.05, 3.63) is 41.5 Å². The molecule has 1 unspecified atom stereocenters. The van der Waals surface area contributed by atoms with Gasteiger partial charge in [-0.3, -0.25) is 4.79 Å². The van der Waals surface area contributed by atoms with Gasteiger partial charge in [-0.05, 0) is 31.9 Å². The van der Waals surface area contributed by atoms with Crippen LogP contribution in [0.4, 0.5) is 0 Å². The Hall–Kier alpha value is -2.37. The molecule has 1 atom stereocenters. The van der Waals surface area contributed by atoms with Crippen molar-refractivity contribution in [2.75, 3.05) is 6.54 Å². The minimum atomic E-state index is -0.278. The van der Waals surface area contributed by atoms with Gasteiger partial charge >= 0.3 is 0 Å². The van der Waals surface area contributed by atoms with E-state index in [1.54, 1.807) is 11.0 Å². The zero-order chi connectivity index (χ0) is 14.1. The van der Waals surface area contributed by atoms with Crippen LogP contribution in [0, 0.1) is 6.92 Å². The first kappa shape index (κ1) is 12.7. The summed E-state index contributed by atoms with van der Waals surface area (Å²) >= 11 is 0. The normalized spacial score (nSPS) is 18.4. The summed E-state index contributed by atoms with van der Waals surface area (Å²) in [7, 11) is 0. The van der Waals surface area contributed by atoms with Gasteiger partial charge in [-0.2, -0.15) is 0 Å². The Morgan fingerprint density at radius 3 is 3.10 bits per heavy atom. The van der Waals surface area contributed by atoms with E-state index < -0.39 is 0 Å². The quantitative estimate of drug-likeness (QED) is 0.906. The summed E-state index contributed by atoms with van der Waals surface area (Å²) in [5, 5.41) is 13.6. The number of pyridine rings is 1. The third kappa shape index (κ3) is 2.13. The number of aromatic hydroxyl groups is 1. The molecule has 1 amide bonds. The van der Waals surface area contributed by atoms with Gasteiger partial charge in [-0.15, -0.1) is 0 Å². The van der Waals surface area contributed by atoms with Crippen molar-refractivity contribution in [1.29, 1.82) is 0 Å². The highest BCUT2D eigenvalue weighted by Crippen LogP contribution is 2.34. The van der Waals surface area contributed by atoms with Gasteiger partial charge in [0, 0.05) is 18.8 Å². The first-order chi connectivity index (χ1) is 9.66. The first-order valence-corrected chi connectivity index (χ1v) is 6.55. The molecule has 2 aromatic heterocycles. The van der Waals surface area contributed by atoms with Gasteiger partial charge in [0.25, 0.3) is 5.91 Å². The Balaban J connectivity index is 1.89. The van der Waals surface area contributed by atoms with E-state index in [-0.39, 0.29) is 23.4 Å². The predicted octanol–water partition coefficient (Wildman–Crippen LogP) is 2.06. The number of amides is 1. The molecule has 0 aromatic carbocycles. The highest BCUT2D eigenvalue weighted by atomic mass is 16.5. The van der Waals surface area contributed by atoms with Crippen LogP contribution in [-0.4, -0.2) is 32.6 Å². The largest absolute Gasteiger partial charge is 0.505 e. The number of aromatic nitrogens is 2. The van der Waals surface area contributed by atoms with Crippen molar-refractivity contribution >= 4 is 5.91 Å². The topological polar surface area (TPSA) is 79.5 Å². The number of aryl methyl sites for hydroxylation is 1. The van der Waals surface area contributed by atoms with Gasteiger partial charge in [-0.1, -0.05) is 5.16 Å². The molecule has 1 aliphatic rings. The lowest BCUT2D eigenvalue weighted by atomic mass is 10.1. The highest BCUT2D eigenvalue weighted by Gasteiger charge is 2.34. The van der Waals surface area contributed by atoms with E-state index in [1.165, 1.54) is 12.3 Å². The van der Waals surface area contributed by atoms with Gasteiger partial charge < -0.3 is 14.5 Å². The minimum Gasteiger partial charge on any atom is -0.505 e. The zero-order valence-corrected chi connectivity index (χ0v) is 11.1. The van der Waals surface area contributed by atoms with Crippen LogP contribution in [0.2, 0.25) is 0 Å². The van der Waals surface area contributed by atoms with Crippen LogP contribution in [0.15, 0.2) is 28.9 Å². The SMILES string of the molecule is Cc1cc(C2CCCN2C(=O)c2ncccc2O)on1. The summed E-state index contributed by atoms with van der Waals surface area (Å²) < 4.78 is 5.27. The molecule has 6 nitrogen and oxygen atoms in total. The van der Waals surface area contributed by atoms with Crippen molar-refractivity contribution in [1.82, 2.24) is 15.0 Å². The Bertz CT molecular complexity index is 638. The van der Waals surface area contributed by atoms with Gasteiger partial charge in [0.05, 0.1) is 11.7 Å². The van der Waals surface area contributed by atoms with Crippen LogP contribution < -0.4 is 0 Å². The van der Waals surface area contributed by atoms with Crippen LogP contribution in [0.25, 0.3) is 0 Å². The van der Waals surface area contributed by atoms with Crippen LogP contribution in [0.5, 0.6) is 5.75 Å². The van der Waals surface area contributed by atoms with Crippen LogP contribution in [-0.2, 0) is 0 Å². The third-order valence-corrected chi connectivity index (χ3v) is 3.48. The molecule has 1 N–H and O–H groups in total. The predicted molar refractivity (Wildman–Crippen MR) is 70.2 cm³/mol. The molecule has 6 heteroatoms. The maximum atomic E-state index is 12.5. The van der Waals surface area contributed by atoms with E-state index in [0.717, 1.165) is 18.5 Å². The van der Waals surface area contributed by atoms with Crippen molar-refractivity contribution in [2.24, 2.45) is 0 Å². The average molecular weight is 273 g/mol. The second-order valence-corrected chi connectivity index (χ2v) is 4.90. The molecule has 104 valence electrons. The third-order valence-electron chi connectivity index (χ3n) is 3.48. The number of hydrogen-bond donors (Lipinski definition) is 1. The Kier molecular flexibility index (Phi) is 3.14. The minimum absolute atomic E-state index is 0.0793. The lowest BCUT2D eigenvalue weighted by Crippen LogP contribution is -2.31. The van der Waals surface area contributed by atoms with Gasteiger partial charge in [0.1, 0.15) is 5.75 Å². The molecule has 1 saturated heterocycles. The van der Waals surface area contributed by atoms with Gasteiger partial charge in [0.2, 0.25) is 0 Å². The zero-order valence-electron chi connectivity index (χ0n) is 11.1. The Morgan fingerprint density at radius 1 is 1.55 bits per heavy atom. The molecule has 3 rings (SSSR count). The molecule has 20 heavy (non-hydrogen) atoms. The summed E-state index contributed by atoms with van der Waals surface area (Å²) in [6.07, 6.45) is 3.22. The summed E-state index contributed by atoms with van der Waals surface area (Å²) in [5.41, 5.74) is 0.871. The van der Waals surface area contributed by atoms with E-state index in [1.807, 2.05) is 13.0 Å². The summed E-state index contributed by atoms with van der Waals surface area (Å²) in [4.78, 5) is 18.2. The van der Waals surface area contributed by atoms with Crippen LogP contribution >= 0.6 is 0 Å². The first-order valence-electron chi connectivity index (χ1n) is 6.55. The van der Waals surface area contributed by atoms with E-state index in [2.05, 4.69) is 10.1 Å². The van der Waals surface area contributed by atoms with Crippen molar-refractivity contribution in [3.8, 4) is 5.75 Å². The highest BCUT2D eigenvalue weighted by molar-refractivity contribution is 5.95. The monoisotopic (exact) mass is 273 g/mol. The Labute approximate surface area is 116 Å². The molecule has 1 fully saturated rings. The Morgan fingerprint density at radius 2 is 2.40 bits per heavy atom. The fraction of sp³-hybridized carbons (Fsp3) is 0.357. The number of nitrogens with zero attached hydrogens (tertiary/aromatic N) is 3.